The summed E-state index contributed by atoms with van der Waals surface area (Å²) >= 11 is 0. The molecule has 220 valence electrons. The second-order valence-corrected chi connectivity index (χ2v) is 11.8. The van der Waals surface area contributed by atoms with Gasteiger partial charge >= 0.3 is 0 Å². The Bertz CT molecular complexity index is 1710. The highest BCUT2D eigenvalue weighted by Crippen LogP contribution is 2.39. The van der Waals surface area contributed by atoms with E-state index in [0.717, 1.165) is 55.7 Å². The second-order valence-electron chi connectivity index (χ2n) is 11.8. The summed E-state index contributed by atoms with van der Waals surface area (Å²) < 4.78 is 23.7. The van der Waals surface area contributed by atoms with Crippen LogP contribution in [0.3, 0.4) is 0 Å². The minimum Gasteiger partial charge on any atom is -0.496 e. The number of likely N-dealkylation sites (tertiary alicyclic amines) is 2. The highest BCUT2D eigenvalue weighted by molar-refractivity contribution is 5.97. The number of benzene rings is 2. The van der Waals surface area contributed by atoms with Crippen LogP contribution in [0, 0.1) is 23.2 Å². The van der Waals surface area contributed by atoms with E-state index in [2.05, 4.69) is 23.0 Å². The molecule has 7 rings (SSSR count). The van der Waals surface area contributed by atoms with E-state index in [9.17, 15) is 10.1 Å². The predicted octanol–water partition coefficient (Wildman–Crippen LogP) is 5.23. The Morgan fingerprint density at radius 3 is 2.51 bits per heavy atom. The average molecular weight is 579 g/mol. The predicted molar refractivity (Wildman–Crippen MR) is 161 cm³/mol. The van der Waals surface area contributed by atoms with E-state index in [0.29, 0.717) is 64.5 Å². The van der Waals surface area contributed by atoms with Crippen LogP contribution in [0.5, 0.6) is 11.5 Å². The minimum absolute atomic E-state index is 0.0352. The number of aromatic nitrogens is 1. The van der Waals surface area contributed by atoms with Crippen LogP contribution in [-0.4, -0.2) is 80.3 Å². The molecule has 3 aliphatic rings. The molecule has 3 fully saturated rings. The number of carbonyl (C=O) groups is 1. The van der Waals surface area contributed by atoms with E-state index < -0.39 is 0 Å². The molecule has 0 saturated carbocycles. The quantitative estimate of drug-likeness (QED) is 0.307. The Balaban J connectivity index is 1.16. The molecule has 3 saturated heterocycles. The highest BCUT2D eigenvalue weighted by atomic mass is 16.5. The number of methoxy groups -OCH3 is 1. The molecule has 0 N–H and O–H groups in total. The van der Waals surface area contributed by atoms with Crippen LogP contribution in [0.1, 0.15) is 28.8 Å². The zero-order valence-corrected chi connectivity index (χ0v) is 24.4. The lowest BCUT2D eigenvalue weighted by molar-refractivity contribution is 0.0254. The van der Waals surface area contributed by atoms with Gasteiger partial charge in [0.25, 0.3) is 5.91 Å². The van der Waals surface area contributed by atoms with Crippen molar-refractivity contribution in [2.45, 2.75) is 18.9 Å². The Morgan fingerprint density at radius 2 is 1.77 bits per heavy atom. The van der Waals surface area contributed by atoms with E-state index in [-0.39, 0.29) is 12.0 Å². The van der Waals surface area contributed by atoms with Gasteiger partial charge in [0.1, 0.15) is 34.9 Å². The van der Waals surface area contributed by atoms with Crippen LogP contribution in [0.15, 0.2) is 59.1 Å². The van der Waals surface area contributed by atoms with Crippen molar-refractivity contribution in [3.63, 3.8) is 0 Å². The number of hydrogen-bond acceptors (Lipinski definition) is 8. The Kier molecular flexibility index (Phi) is 7.25. The van der Waals surface area contributed by atoms with Gasteiger partial charge in [-0.15, -0.1) is 0 Å². The molecular weight excluding hydrogens is 544 g/mol. The number of hydrogen-bond donors (Lipinski definition) is 0. The van der Waals surface area contributed by atoms with Gasteiger partial charge in [-0.25, -0.2) is 0 Å². The SMILES string of the molecule is COc1cc(C(=O)N2CC3CN(C)CC3C2)ccc1-c1cc2nccc(-c3ccc(OC4CCOCC4)c(C#N)c3)c2o1. The second kappa shape index (κ2) is 11.4. The first kappa shape index (κ1) is 27.4. The Morgan fingerprint density at radius 1 is 0.977 bits per heavy atom. The number of ether oxygens (including phenoxy) is 3. The maximum Gasteiger partial charge on any atom is 0.254 e. The molecule has 0 spiro atoms. The fourth-order valence-electron chi connectivity index (χ4n) is 6.76. The molecule has 43 heavy (non-hydrogen) atoms. The number of nitriles is 1. The summed E-state index contributed by atoms with van der Waals surface area (Å²) in [6.45, 7) is 5.02. The number of furan rings is 1. The van der Waals surface area contributed by atoms with Gasteiger partial charge in [0, 0.05) is 62.4 Å². The molecular formula is C34H34N4O5. The Labute approximate surface area is 250 Å². The van der Waals surface area contributed by atoms with Crippen LogP contribution >= 0.6 is 0 Å². The smallest absolute Gasteiger partial charge is 0.254 e. The first-order valence-corrected chi connectivity index (χ1v) is 14.8. The van der Waals surface area contributed by atoms with Gasteiger partial charge in [-0.3, -0.25) is 9.78 Å². The summed E-state index contributed by atoms with van der Waals surface area (Å²) in [4.78, 5) is 22.3. The van der Waals surface area contributed by atoms with Gasteiger partial charge in [-0.05, 0) is 60.8 Å². The Hall–Kier alpha value is -4.39. The van der Waals surface area contributed by atoms with E-state index in [1.54, 1.807) is 19.4 Å². The summed E-state index contributed by atoms with van der Waals surface area (Å²) in [6.07, 6.45) is 3.39. The fourth-order valence-corrected chi connectivity index (χ4v) is 6.76. The summed E-state index contributed by atoms with van der Waals surface area (Å²) in [5, 5.41) is 9.89. The summed E-state index contributed by atoms with van der Waals surface area (Å²) in [6, 6.07) is 17.2. The number of carbonyl (C=O) groups excluding carboxylic acids is 1. The molecule has 3 aliphatic heterocycles. The topological polar surface area (TPSA) is 101 Å². The molecule has 1 amide bonds. The van der Waals surface area contributed by atoms with Crippen LogP contribution in [-0.2, 0) is 4.74 Å². The maximum atomic E-state index is 13.4. The average Bonchev–Trinajstić information content (AvgIpc) is 3.74. The van der Waals surface area contributed by atoms with Crippen LogP contribution in [0.2, 0.25) is 0 Å². The molecule has 2 aromatic heterocycles. The van der Waals surface area contributed by atoms with Gasteiger partial charge in [0.15, 0.2) is 5.58 Å². The molecule has 2 unspecified atom stereocenters. The molecule has 9 nitrogen and oxygen atoms in total. The van der Waals surface area contributed by atoms with Crippen molar-refractivity contribution in [3.05, 3.63) is 65.9 Å². The molecule has 0 radical (unpaired) electrons. The van der Waals surface area contributed by atoms with E-state index in [4.69, 9.17) is 18.6 Å². The van der Waals surface area contributed by atoms with Crippen molar-refractivity contribution in [2.24, 2.45) is 11.8 Å². The minimum atomic E-state index is 0.0352. The number of nitrogens with zero attached hydrogens (tertiary/aromatic N) is 4. The third-order valence-electron chi connectivity index (χ3n) is 8.95. The van der Waals surface area contributed by atoms with Gasteiger partial charge in [0.05, 0.1) is 31.5 Å². The van der Waals surface area contributed by atoms with Crippen molar-refractivity contribution in [1.29, 1.82) is 5.26 Å². The number of fused-ring (bicyclic) bond motifs is 2. The monoisotopic (exact) mass is 578 g/mol. The summed E-state index contributed by atoms with van der Waals surface area (Å²) in [5.41, 5.74) is 4.76. The highest BCUT2D eigenvalue weighted by Gasteiger charge is 2.40. The lowest BCUT2D eigenvalue weighted by Crippen LogP contribution is -2.32. The molecule has 4 aromatic rings. The molecule has 2 aromatic carbocycles. The van der Waals surface area contributed by atoms with Crippen LogP contribution in [0.25, 0.3) is 33.6 Å². The summed E-state index contributed by atoms with van der Waals surface area (Å²) in [5.74, 6) is 2.86. The lowest BCUT2D eigenvalue weighted by Gasteiger charge is -2.23. The fraction of sp³-hybridized carbons (Fsp3) is 0.382. The zero-order chi connectivity index (χ0) is 29.5. The van der Waals surface area contributed by atoms with Gasteiger partial charge in [0.2, 0.25) is 0 Å². The zero-order valence-electron chi connectivity index (χ0n) is 24.4. The normalized spacial score (nSPS) is 20.7. The van der Waals surface area contributed by atoms with Gasteiger partial charge in [-0.1, -0.05) is 6.07 Å². The van der Waals surface area contributed by atoms with E-state index in [1.165, 1.54) is 0 Å². The van der Waals surface area contributed by atoms with Gasteiger partial charge < -0.3 is 28.4 Å². The standard InChI is InChI=1S/C34H34N4O5/c1-37-17-24-19-38(20-25(24)18-37)34(39)22-3-5-28(31(14-22)40-2)32-15-29-33(43-32)27(7-10-36-29)21-4-6-30(23(13-21)16-35)42-26-8-11-41-12-9-26/h3-7,10,13-15,24-26H,8-9,11-12,17-20H2,1-2H3. The van der Waals surface area contributed by atoms with Crippen molar-refractivity contribution >= 4 is 17.0 Å². The van der Waals surface area contributed by atoms with Crippen LogP contribution in [0.4, 0.5) is 0 Å². The number of pyridine rings is 1. The lowest BCUT2D eigenvalue weighted by atomic mass is 10.0. The molecule has 9 heteroatoms. The van der Waals surface area contributed by atoms with Crippen molar-refractivity contribution in [1.82, 2.24) is 14.8 Å². The molecule has 5 heterocycles. The van der Waals surface area contributed by atoms with Gasteiger partial charge in [-0.2, -0.15) is 5.26 Å². The van der Waals surface area contributed by atoms with E-state index in [1.807, 2.05) is 47.4 Å². The third-order valence-corrected chi connectivity index (χ3v) is 8.95. The van der Waals surface area contributed by atoms with E-state index >= 15 is 0 Å². The number of rotatable bonds is 6. The number of amides is 1. The van der Waals surface area contributed by atoms with Crippen molar-refractivity contribution in [3.8, 4) is 40.0 Å². The molecule has 0 bridgehead atoms. The molecule has 2 atom stereocenters. The first-order chi connectivity index (χ1) is 21.0. The third kappa shape index (κ3) is 5.22. The van der Waals surface area contributed by atoms with Crippen molar-refractivity contribution in [2.75, 3.05) is 53.6 Å². The summed E-state index contributed by atoms with van der Waals surface area (Å²) in [7, 11) is 3.75. The van der Waals surface area contributed by atoms with Crippen LogP contribution < -0.4 is 9.47 Å². The molecule has 0 aliphatic carbocycles. The maximum absolute atomic E-state index is 13.4. The largest absolute Gasteiger partial charge is 0.496 e. The first-order valence-electron chi connectivity index (χ1n) is 14.8. The van der Waals surface area contributed by atoms with Crippen molar-refractivity contribution < 1.29 is 23.4 Å².